The van der Waals surface area contributed by atoms with Crippen LogP contribution in [0.1, 0.15) is 18.3 Å². The van der Waals surface area contributed by atoms with Crippen LogP contribution in [0.15, 0.2) is 45.9 Å². The second-order valence-corrected chi connectivity index (χ2v) is 8.27. The molecule has 0 saturated heterocycles. The molecule has 0 amide bonds. The van der Waals surface area contributed by atoms with Gasteiger partial charge in [0.25, 0.3) is 5.56 Å². The Balaban J connectivity index is 1.72. The molecule has 0 spiro atoms. The largest absolute Gasteiger partial charge is 0.493 e. The van der Waals surface area contributed by atoms with Gasteiger partial charge in [0.15, 0.2) is 17.3 Å². The highest BCUT2D eigenvalue weighted by Gasteiger charge is 2.15. The molecule has 148 valence electrons. The van der Waals surface area contributed by atoms with Crippen LogP contribution in [0, 0.1) is 0 Å². The van der Waals surface area contributed by atoms with E-state index < -0.39 is 0 Å². The quantitative estimate of drug-likeness (QED) is 0.404. The van der Waals surface area contributed by atoms with Crippen molar-refractivity contribution in [3.05, 3.63) is 62.8 Å². The number of hydrogen-bond acceptors (Lipinski definition) is 6. The maximum atomic E-state index is 12.7. The Morgan fingerprint density at radius 3 is 2.86 bits per heavy atom. The van der Waals surface area contributed by atoms with Crippen LogP contribution in [-0.2, 0) is 0 Å². The fraction of sp³-hybridized carbons (Fsp3) is 0.143. The third-order valence-corrected chi connectivity index (χ3v) is 6.30. The van der Waals surface area contributed by atoms with E-state index in [1.165, 1.54) is 11.3 Å². The molecule has 1 N–H and O–H groups in total. The van der Waals surface area contributed by atoms with Gasteiger partial charge in [0, 0.05) is 15.8 Å². The number of nitrogens with zero attached hydrogens (tertiary/aromatic N) is 1. The van der Waals surface area contributed by atoms with E-state index in [9.17, 15) is 4.79 Å². The van der Waals surface area contributed by atoms with Gasteiger partial charge in [-0.3, -0.25) is 4.79 Å². The number of fused-ring (bicyclic) bond motifs is 1. The summed E-state index contributed by atoms with van der Waals surface area (Å²) in [5.74, 6) is 1.60. The first-order chi connectivity index (χ1) is 14.1. The Bertz CT molecular complexity index is 1240. The first-order valence-electron chi connectivity index (χ1n) is 8.84. The van der Waals surface area contributed by atoms with Crippen LogP contribution in [0.4, 0.5) is 0 Å². The van der Waals surface area contributed by atoms with E-state index in [0.717, 1.165) is 16.0 Å². The van der Waals surface area contributed by atoms with Crippen molar-refractivity contribution < 1.29 is 9.47 Å². The van der Waals surface area contributed by atoms with Crippen molar-refractivity contribution in [3.63, 3.8) is 0 Å². The average molecular weight is 445 g/mol. The van der Waals surface area contributed by atoms with Crippen LogP contribution < -0.4 is 15.0 Å². The van der Waals surface area contributed by atoms with Gasteiger partial charge in [-0.2, -0.15) is 0 Å². The lowest BCUT2D eigenvalue weighted by atomic mass is 10.2. The van der Waals surface area contributed by atoms with Gasteiger partial charge < -0.3 is 14.5 Å². The third kappa shape index (κ3) is 3.94. The lowest BCUT2D eigenvalue weighted by Crippen LogP contribution is -2.10. The molecule has 0 aliphatic rings. The lowest BCUT2D eigenvalue weighted by molar-refractivity contribution is 0.311. The zero-order valence-corrected chi connectivity index (χ0v) is 18.1. The normalized spacial score (nSPS) is 11.8. The topological polar surface area (TPSA) is 64.2 Å². The van der Waals surface area contributed by atoms with E-state index in [1.54, 1.807) is 24.5 Å². The summed E-state index contributed by atoms with van der Waals surface area (Å²) >= 11 is 9.50. The highest BCUT2D eigenvalue weighted by atomic mass is 35.5. The van der Waals surface area contributed by atoms with E-state index in [1.807, 2.05) is 48.0 Å². The standard InChI is InChI=1S/C21H17ClN2O3S2/c1-3-27-15-7-6-12(10-16(15)26-2)9-14(22)19-23-20(25)18-13(11-29-21(18)24-19)17-5-4-8-28-17/h4-11H,3H2,1-2H3,(H,23,24,25)/b14-9-. The smallest absolute Gasteiger partial charge is 0.260 e. The molecule has 0 atom stereocenters. The Morgan fingerprint density at radius 1 is 1.28 bits per heavy atom. The molecule has 29 heavy (non-hydrogen) atoms. The molecule has 0 unspecified atom stereocenters. The van der Waals surface area contributed by atoms with E-state index >= 15 is 0 Å². The molecule has 8 heteroatoms. The van der Waals surface area contributed by atoms with Crippen LogP contribution in [0.5, 0.6) is 11.5 Å². The number of ether oxygens (including phenoxy) is 2. The predicted molar refractivity (Wildman–Crippen MR) is 121 cm³/mol. The van der Waals surface area contributed by atoms with E-state index in [2.05, 4.69) is 9.97 Å². The molecule has 0 fully saturated rings. The summed E-state index contributed by atoms with van der Waals surface area (Å²) in [5.41, 5.74) is 1.51. The second kappa shape index (κ2) is 8.41. The van der Waals surface area contributed by atoms with Gasteiger partial charge in [0.1, 0.15) is 4.83 Å². The Labute approximate surface area is 180 Å². The number of halogens is 1. The van der Waals surface area contributed by atoms with Gasteiger partial charge in [-0.05, 0) is 42.1 Å². The molecule has 4 aromatic rings. The number of rotatable bonds is 6. The third-order valence-electron chi connectivity index (χ3n) is 4.24. The molecule has 0 radical (unpaired) electrons. The van der Waals surface area contributed by atoms with Crippen molar-refractivity contribution in [1.82, 2.24) is 9.97 Å². The van der Waals surface area contributed by atoms with Gasteiger partial charge in [0.05, 0.1) is 24.1 Å². The van der Waals surface area contributed by atoms with Crippen molar-refractivity contribution in [1.29, 1.82) is 0 Å². The van der Waals surface area contributed by atoms with E-state index in [0.29, 0.717) is 39.2 Å². The van der Waals surface area contributed by atoms with Crippen LogP contribution >= 0.6 is 34.3 Å². The SMILES string of the molecule is CCOc1ccc(/C=C(\Cl)c2nc3scc(-c4cccs4)c3c(=O)[nH]2)cc1OC. The van der Waals surface area contributed by atoms with Crippen molar-refractivity contribution in [2.75, 3.05) is 13.7 Å². The van der Waals surface area contributed by atoms with Gasteiger partial charge in [-0.15, -0.1) is 22.7 Å². The minimum absolute atomic E-state index is 0.203. The number of hydrogen-bond donors (Lipinski definition) is 1. The van der Waals surface area contributed by atoms with Crippen molar-refractivity contribution in [2.24, 2.45) is 0 Å². The van der Waals surface area contributed by atoms with Gasteiger partial charge >= 0.3 is 0 Å². The Hall–Kier alpha value is -2.61. The first-order valence-corrected chi connectivity index (χ1v) is 11.0. The van der Waals surface area contributed by atoms with E-state index in [-0.39, 0.29) is 5.56 Å². The molecule has 3 aromatic heterocycles. The van der Waals surface area contributed by atoms with Gasteiger partial charge in [-0.25, -0.2) is 4.98 Å². The second-order valence-electron chi connectivity index (χ2n) is 6.06. The summed E-state index contributed by atoms with van der Waals surface area (Å²) in [5, 5.41) is 4.87. The first kappa shape index (κ1) is 19.7. The predicted octanol–water partition coefficient (Wildman–Crippen LogP) is 5.86. The number of aromatic amines is 1. The Kier molecular flexibility index (Phi) is 5.71. The maximum absolute atomic E-state index is 12.7. The molecule has 4 rings (SSSR count). The molecule has 5 nitrogen and oxygen atoms in total. The number of aromatic nitrogens is 2. The summed E-state index contributed by atoms with van der Waals surface area (Å²) in [6.45, 7) is 2.46. The zero-order valence-electron chi connectivity index (χ0n) is 15.7. The molecule has 3 heterocycles. The number of thiophene rings is 2. The summed E-state index contributed by atoms with van der Waals surface area (Å²) in [4.78, 5) is 21.8. The summed E-state index contributed by atoms with van der Waals surface area (Å²) < 4.78 is 10.9. The zero-order chi connectivity index (χ0) is 20.4. The maximum Gasteiger partial charge on any atom is 0.260 e. The molecular formula is C21H17ClN2O3S2. The van der Waals surface area contributed by atoms with Gasteiger partial charge in [0.2, 0.25) is 0 Å². The van der Waals surface area contributed by atoms with Crippen LogP contribution in [-0.4, -0.2) is 23.7 Å². The highest BCUT2D eigenvalue weighted by molar-refractivity contribution is 7.18. The summed E-state index contributed by atoms with van der Waals surface area (Å²) in [6, 6.07) is 9.47. The minimum atomic E-state index is -0.203. The number of benzene rings is 1. The minimum Gasteiger partial charge on any atom is -0.493 e. The van der Waals surface area contributed by atoms with Crippen LogP contribution in [0.3, 0.4) is 0 Å². The van der Waals surface area contributed by atoms with E-state index in [4.69, 9.17) is 21.1 Å². The van der Waals surface area contributed by atoms with Crippen molar-refractivity contribution >= 4 is 55.6 Å². The number of H-pyrrole nitrogens is 1. The van der Waals surface area contributed by atoms with Crippen molar-refractivity contribution in [3.8, 4) is 21.9 Å². The van der Waals surface area contributed by atoms with Crippen LogP contribution in [0.2, 0.25) is 0 Å². The monoisotopic (exact) mass is 444 g/mol. The fourth-order valence-electron chi connectivity index (χ4n) is 2.94. The molecule has 0 aliphatic carbocycles. The molecule has 0 bridgehead atoms. The number of methoxy groups -OCH3 is 1. The average Bonchev–Trinajstić information content (AvgIpc) is 3.38. The van der Waals surface area contributed by atoms with Crippen molar-refractivity contribution in [2.45, 2.75) is 6.92 Å². The highest BCUT2D eigenvalue weighted by Crippen LogP contribution is 2.34. The summed E-state index contributed by atoms with van der Waals surface area (Å²) in [6.07, 6.45) is 1.73. The molecule has 1 aromatic carbocycles. The molecule has 0 aliphatic heterocycles. The molecule has 0 saturated carbocycles. The summed E-state index contributed by atoms with van der Waals surface area (Å²) in [7, 11) is 1.59. The van der Waals surface area contributed by atoms with Gasteiger partial charge in [-0.1, -0.05) is 23.7 Å². The molecular weight excluding hydrogens is 428 g/mol. The fourth-order valence-corrected chi connectivity index (χ4v) is 4.92. The van der Waals surface area contributed by atoms with Crippen LogP contribution in [0.25, 0.3) is 31.8 Å². The lowest BCUT2D eigenvalue weighted by Gasteiger charge is -2.09. The number of nitrogens with one attached hydrogen (secondary N) is 1. The Morgan fingerprint density at radius 2 is 2.14 bits per heavy atom.